The van der Waals surface area contributed by atoms with E-state index >= 15 is 0 Å². The molecule has 1 heterocycles. The molecule has 0 bridgehead atoms. The lowest BCUT2D eigenvalue weighted by atomic mass is 9.84. The lowest BCUT2D eigenvalue weighted by molar-refractivity contribution is -0.122. The Kier molecular flexibility index (Phi) is 5.68. The van der Waals surface area contributed by atoms with Crippen LogP contribution < -0.4 is 11.1 Å². The smallest absolute Gasteiger partial charge is 0.220 e. The van der Waals surface area contributed by atoms with Crippen molar-refractivity contribution in [3.05, 3.63) is 35.2 Å². The van der Waals surface area contributed by atoms with Crippen LogP contribution in [-0.2, 0) is 11.2 Å². The summed E-state index contributed by atoms with van der Waals surface area (Å²) in [5.41, 5.74) is 7.21. The maximum Gasteiger partial charge on any atom is 0.220 e. The lowest BCUT2D eigenvalue weighted by Crippen LogP contribution is -2.44. The first-order valence-corrected chi connectivity index (χ1v) is 9.60. The normalized spacial score (nSPS) is 21.4. The van der Waals surface area contributed by atoms with E-state index in [1.54, 1.807) is 11.3 Å². The van der Waals surface area contributed by atoms with Crippen molar-refractivity contribution in [2.24, 2.45) is 11.7 Å². The number of benzene rings is 1. The number of carbonyl (C=O) groups is 1. The van der Waals surface area contributed by atoms with Crippen LogP contribution in [0.4, 0.5) is 0 Å². The van der Waals surface area contributed by atoms with Gasteiger partial charge in [-0.1, -0.05) is 31.0 Å². The zero-order valence-corrected chi connectivity index (χ0v) is 14.4. The van der Waals surface area contributed by atoms with Crippen LogP contribution in [0.3, 0.4) is 0 Å². The van der Waals surface area contributed by atoms with Gasteiger partial charge in [0.05, 0.1) is 0 Å². The summed E-state index contributed by atoms with van der Waals surface area (Å²) < 4.78 is 1.33. The Balaban J connectivity index is 1.47. The molecule has 3 rings (SSSR count). The highest BCUT2D eigenvalue weighted by Crippen LogP contribution is 2.27. The highest BCUT2D eigenvalue weighted by Gasteiger charge is 2.24. The summed E-state index contributed by atoms with van der Waals surface area (Å²) in [6.07, 6.45) is 7.19. The van der Waals surface area contributed by atoms with Gasteiger partial charge in [-0.05, 0) is 60.5 Å². The number of nitrogens with two attached hydrogens (primary N) is 1. The average molecular weight is 330 g/mol. The fourth-order valence-electron chi connectivity index (χ4n) is 3.62. The Hall–Kier alpha value is -1.39. The molecule has 2 aromatic rings. The number of hydrogen-bond acceptors (Lipinski definition) is 3. The van der Waals surface area contributed by atoms with E-state index in [0.29, 0.717) is 24.9 Å². The van der Waals surface area contributed by atoms with Crippen molar-refractivity contribution in [2.45, 2.75) is 51.0 Å². The Bertz CT molecular complexity index is 652. The van der Waals surface area contributed by atoms with Crippen LogP contribution in [-0.4, -0.2) is 18.5 Å². The molecule has 1 fully saturated rings. The second-order valence-electron chi connectivity index (χ2n) is 6.56. The SMILES string of the molecule is NCC1CCCCC1NC(=O)CCCc1csc2ccccc12. The van der Waals surface area contributed by atoms with Gasteiger partial charge in [0, 0.05) is 17.2 Å². The van der Waals surface area contributed by atoms with Crippen molar-refractivity contribution in [2.75, 3.05) is 6.54 Å². The Morgan fingerprint density at radius 1 is 1.26 bits per heavy atom. The van der Waals surface area contributed by atoms with Crippen LogP contribution in [0.2, 0.25) is 0 Å². The number of carbonyl (C=O) groups excluding carboxylic acids is 1. The first-order valence-electron chi connectivity index (χ1n) is 8.72. The van der Waals surface area contributed by atoms with Crippen LogP contribution >= 0.6 is 11.3 Å². The van der Waals surface area contributed by atoms with E-state index in [2.05, 4.69) is 35.0 Å². The summed E-state index contributed by atoms with van der Waals surface area (Å²) in [6, 6.07) is 8.79. The van der Waals surface area contributed by atoms with Crippen LogP contribution in [0.25, 0.3) is 10.1 Å². The zero-order chi connectivity index (χ0) is 16.1. The number of aryl methyl sites for hydroxylation is 1. The van der Waals surface area contributed by atoms with Crippen molar-refractivity contribution in [3.8, 4) is 0 Å². The second-order valence-corrected chi connectivity index (χ2v) is 7.48. The summed E-state index contributed by atoms with van der Waals surface area (Å²) in [4.78, 5) is 12.2. The number of nitrogens with one attached hydrogen (secondary N) is 1. The third-order valence-corrected chi connectivity index (χ3v) is 5.98. The number of thiophene rings is 1. The molecule has 1 aliphatic carbocycles. The van der Waals surface area contributed by atoms with Crippen LogP contribution in [0.5, 0.6) is 0 Å². The van der Waals surface area contributed by atoms with Gasteiger partial charge in [0.15, 0.2) is 0 Å². The maximum atomic E-state index is 12.2. The van der Waals surface area contributed by atoms with Gasteiger partial charge >= 0.3 is 0 Å². The van der Waals surface area contributed by atoms with Crippen molar-refractivity contribution < 1.29 is 4.79 Å². The van der Waals surface area contributed by atoms with E-state index in [0.717, 1.165) is 25.7 Å². The van der Waals surface area contributed by atoms with Crippen LogP contribution in [0, 0.1) is 5.92 Å². The molecule has 1 saturated carbocycles. The molecule has 2 atom stereocenters. The molecule has 1 amide bonds. The van der Waals surface area contributed by atoms with Gasteiger partial charge in [-0.25, -0.2) is 0 Å². The minimum atomic E-state index is 0.190. The monoisotopic (exact) mass is 330 g/mol. The first kappa shape index (κ1) is 16.5. The Labute approximate surface area is 142 Å². The van der Waals surface area contributed by atoms with E-state index in [1.807, 2.05) is 0 Å². The average Bonchev–Trinajstić information content (AvgIpc) is 2.99. The zero-order valence-electron chi connectivity index (χ0n) is 13.6. The molecule has 0 radical (unpaired) electrons. The highest BCUT2D eigenvalue weighted by atomic mass is 32.1. The number of fused-ring (bicyclic) bond motifs is 1. The molecular formula is C19H26N2OS. The molecule has 1 aromatic carbocycles. The summed E-state index contributed by atoms with van der Waals surface area (Å²) in [5.74, 6) is 0.656. The number of amides is 1. The number of hydrogen-bond donors (Lipinski definition) is 2. The van der Waals surface area contributed by atoms with Gasteiger partial charge in [0.25, 0.3) is 0 Å². The molecule has 1 aromatic heterocycles. The van der Waals surface area contributed by atoms with Crippen molar-refractivity contribution in [1.82, 2.24) is 5.32 Å². The quantitative estimate of drug-likeness (QED) is 0.845. The van der Waals surface area contributed by atoms with E-state index in [9.17, 15) is 4.79 Å². The largest absolute Gasteiger partial charge is 0.353 e. The van der Waals surface area contributed by atoms with Crippen molar-refractivity contribution >= 4 is 27.3 Å². The highest BCUT2D eigenvalue weighted by molar-refractivity contribution is 7.17. The van der Waals surface area contributed by atoms with Gasteiger partial charge in [-0.2, -0.15) is 0 Å². The van der Waals surface area contributed by atoms with Crippen LogP contribution in [0.1, 0.15) is 44.1 Å². The summed E-state index contributed by atoms with van der Waals surface area (Å²) in [7, 11) is 0. The number of rotatable bonds is 6. The van der Waals surface area contributed by atoms with Gasteiger partial charge in [0.1, 0.15) is 0 Å². The van der Waals surface area contributed by atoms with Gasteiger partial charge in [-0.3, -0.25) is 4.79 Å². The molecule has 23 heavy (non-hydrogen) atoms. The second kappa shape index (κ2) is 7.93. The molecule has 1 aliphatic rings. The molecule has 3 nitrogen and oxygen atoms in total. The van der Waals surface area contributed by atoms with Crippen molar-refractivity contribution in [1.29, 1.82) is 0 Å². The third kappa shape index (κ3) is 4.12. The van der Waals surface area contributed by atoms with E-state index in [4.69, 9.17) is 5.73 Å². The van der Waals surface area contributed by atoms with Crippen LogP contribution in [0.15, 0.2) is 29.6 Å². The molecule has 0 saturated heterocycles. The van der Waals surface area contributed by atoms with Gasteiger partial charge in [-0.15, -0.1) is 11.3 Å². The first-order chi connectivity index (χ1) is 11.3. The fraction of sp³-hybridized carbons (Fsp3) is 0.526. The van der Waals surface area contributed by atoms with Gasteiger partial charge < -0.3 is 11.1 Å². The standard InChI is InChI=1S/C19H26N2OS/c20-12-14-6-1-3-9-17(14)21-19(22)11-5-7-15-13-23-18-10-4-2-8-16(15)18/h2,4,8,10,13-14,17H,1,3,5-7,9,11-12,20H2,(H,21,22). The van der Waals surface area contributed by atoms with E-state index in [-0.39, 0.29) is 5.91 Å². The molecule has 3 N–H and O–H groups in total. The van der Waals surface area contributed by atoms with E-state index in [1.165, 1.54) is 28.5 Å². The minimum absolute atomic E-state index is 0.190. The predicted molar refractivity (Wildman–Crippen MR) is 97.7 cm³/mol. The third-order valence-electron chi connectivity index (χ3n) is 4.97. The molecule has 0 aliphatic heterocycles. The molecular weight excluding hydrogens is 304 g/mol. The van der Waals surface area contributed by atoms with Gasteiger partial charge in [0.2, 0.25) is 5.91 Å². The Morgan fingerprint density at radius 2 is 2.09 bits per heavy atom. The molecule has 124 valence electrons. The van der Waals surface area contributed by atoms with E-state index < -0.39 is 0 Å². The Morgan fingerprint density at radius 3 is 2.96 bits per heavy atom. The predicted octanol–water partition coefficient (Wildman–Crippen LogP) is 3.86. The topological polar surface area (TPSA) is 55.1 Å². The van der Waals surface area contributed by atoms with Crippen molar-refractivity contribution in [3.63, 3.8) is 0 Å². The molecule has 2 unspecified atom stereocenters. The summed E-state index contributed by atoms with van der Waals surface area (Å²) in [5, 5.41) is 6.79. The fourth-order valence-corrected chi connectivity index (χ4v) is 4.62. The lowest BCUT2D eigenvalue weighted by Gasteiger charge is -2.31. The minimum Gasteiger partial charge on any atom is -0.353 e. The summed E-state index contributed by atoms with van der Waals surface area (Å²) in [6.45, 7) is 0.686. The molecule has 4 heteroatoms. The molecule has 0 spiro atoms. The maximum absolute atomic E-state index is 12.2. The summed E-state index contributed by atoms with van der Waals surface area (Å²) >= 11 is 1.79.